The predicted molar refractivity (Wildman–Crippen MR) is 84.8 cm³/mol. The summed E-state index contributed by atoms with van der Waals surface area (Å²) in [5, 5.41) is 0. The van der Waals surface area contributed by atoms with Crippen molar-refractivity contribution in [3.8, 4) is 11.4 Å². The van der Waals surface area contributed by atoms with Crippen LogP contribution in [0.25, 0.3) is 22.4 Å². The minimum atomic E-state index is 0.515. The molecular weight excluding hydrogens is 246 g/mol. The van der Waals surface area contributed by atoms with Gasteiger partial charge in [-0.25, -0.2) is 4.98 Å². The zero-order valence-electron chi connectivity index (χ0n) is 12.1. The molecule has 3 rings (SSSR count). The van der Waals surface area contributed by atoms with Gasteiger partial charge in [-0.3, -0.25) is 0 Å². The molecular formula is C17H19N3. The highest BCUT2D eigenvalue weighted by Gasteiger charge is 2.08. The van der Waals surface area contributed by atoms with Gasteiger partial charge in [-0.1, -0.05) is 32.0 Å². The molecule has 1 heterocycles. The lowest BCUT2D eigenvalue weighted by Gasteiger charge is -2.03. The van der Waals surface area contributed by atoms with E-state index in [1.54, 1.807) is 0 Å². The van der Waals surface area contributed by atoms with Crippen LogP contribution in [0.15, 0.2) is 36.4 Å². The second-order valence-electron chi connectivity index (χ2n) is 5.59. The van der Waals surface area contributed by atoms with Gasteiger partial charge in [-0.15, -0.1) is 0 Å². The van der Waals surface area contributed by atoms with Gasteiger partial charge in [0, 0.05) is 11.3 Å². The molecule has 0 fully saturated rings. The first kappa shape index (κ1) is 12.7. The number of fused-ring (bicyclic) bond motifs is 1. The van der Waals surface area contributed by atoms with Crippen LogP contribution in [0.3, 0.4) is 0 Å². The molecule has 0 unspecified atom stereocenters. The van der Waals surface area contributed by atoms with Crippen LogP contribution < -0.4 is 5.73 Å². The van der Waals surface area contributed by atoms with E-state index >= 15 is 0 Å². The van der Waals surface area contributed by atoms with E-state index in [0.717, 1.165) is 33.7 Å². The number of nitrogens with two attached hydrogens (primary N) is 1. The van der Waals surface area contributed by atoms with Crippen molar-refractivity contribution in [1.29, 1.82) is 0 Å². The minimum absolute atomic E-state index is 0.515. The SMILES string of the molecule is Cc1ccc(-c2nc3ccc(C(C)C)cc3[nH]2)cc1N. The van der Waals surface area contributed by atoms with Crippen LogP contribution in [-0.4, -0.2) is 9.97 Å². The van der Waals surface area contributed by atoms with Gasteiger partial charge in [-0.05, 0) is 42.2 Å². The van der Waals surface area contributed by atoms with Crippen molar-refractivity contribution in [2.24, 2.45) is 0 Å². The van der Waals surface area contributed by atoms with Crippen LogP contribution in [0.5, 0.6) is 0 Å². The van der Waals surface area contributed by atoms with Gasteiger partial charge >= 0.3 is 0 Å². The fourth-order valence-corrected chi connectivity index (χ4v) is 2.31. The Morgan fingerprint density at radius 1 is 1.10 bits per heavy atom. The van der Waals surface area contributed by atoms with Gasteiger partial charge in [-0.2, -0.15) is 0 Å². The number of aryl methyl sites for hydroxylation is 1. The average Bonchev–Trinajstić information content (AvgIpc) is 2.84. The molecule has 3 heteroatoms. The van der Waals surface area contributed by atoms with E-state index in [0.29, 0.717) is 5.92 Å². The molecule has 0 aliphatic carbocycles. The quantitative estimate of drug-likeness (QED) is 0.681. The summed E-state index contributed by atoms with van der Waals surface area (Å²) in [5.41, 5.74) is 12.3. The van der Waals surface area contributed by atoms with E-state index in [9.17, 15) is 0 Å². The van der Waals surface area contributed by atoms with E-state index in [1.165, 1.54) is 5.56 Å². The molecule has 0 spiro atoms. The monoisotopic (exact) mass is 265 g/mol. The van der Waals surface area contributed by atoms with Gasteiger partial charge in [0.2, 0.25) is 0 Å². The molecule has 0 radical (unpaired) electrons. The van der Waals surface area contributed by atoms with Gasteiger partial charge in [0.1, 0.15) is 5.82 Å². The molecule has 0 saturated carbocycles. The van der Waals surface area contributed by atoms with Gasteiger partial charge in [0.05, 0.1) is 11.0 Å². The number of hydrogen-bond donors (Lipinski definition) is 2. The Labute approximate surface area is 118 Å². The molecule has 3 aromatic rings. The van der Waals surface area contributed by atoms with Crippen molar-refractivity contribution < 1.29 is 0 Å². The van der Waals surface area contributed by atoms with Crippen molar-refractivity contribution in [2.45, 2.75) is 26.7 Å². The molecule has 0 aliphatic rings. The van der Waals surface area contributed by atoms with Crippen molar-refractivity contribution >= 4 is 16.7 Å². The molecule has 3 N–H and O–H groups in total. The number of H-pyrrole nitrogens is 1. The lowest BCUT2D eigenvalue weighted by molar-refractivity contribution is 0.868. The Morgan fingerprint density at radius 3 is 2.60 bits per heavy atom. The lowest BCUT2D eigenvalue weighted by atomic mass is 10.0. The highest BCUT2D eigenvalue weighted by atomic mass is 14.9. The van der Waals surface area contributed by atoms with Crippen LogP contribution in [0.1, 0.15) is 30.9 Å². The van der Waals surface area contributed by atoms with Crippen molar-refractivity contribution in [1.82, 2.24) is 9.97 Å². The summed E-state index contributed by atoms with van der Waals surface area (Å²) in [6, 6.07) is 12.4. The molecule has 0 amide bonds. The number of rotatable bonds is 2. The topological polar surface area (TPSA) is 54.7 Å². The highest BCUT2D eigenvalue weighted by Crippen LogP contribution is 2.25. The molecule has 0 saturated heterocycles. The summed E-state index contributed by atoms with van der Waals surface area (Å²) in [7, 11) is 0. The number of nitrogens with one attached hydrogen (secondary N) is 1. The Hall–Kier alpha value is -2.29. The summed E-state index contributed by atoms with van der Waals surface area (Å²) in [5.74, 6) is 1.38. The third-order valence-electron chi connectivity index (χ3n) is 3.73. The summed E-state index contributed by atoms with van der Waals surface area (Å²) in [6.07, 6.45) is 0. The Morgan fingerprint density at radius 2 is 1.90 bits per heavy atom. The predicted octanol–water partition coefficient (Wildman–Crippen LogP) is 4.24. The number of hydrogen-bond acceptors (Lipinski definition) is 2. The van der Waals surface area contributed by atoms with Crippen molar-refractivity contribution in [3.05, 3.63) is 47.5 Å². The zero-order valence-corrected chi connectivity index (χ0v) is 12.1. The Balaban J connectivity index is 2.10. The number of aromatic amines is 1. The molecule has 102 valence electrons. The Bertz CT molecular complexity index is 769. The van der Waals surface area contributed by atoms with Crippen molar-refractivity contribution in [2.75, 3.05) is 5.73 Å². The largest absolute Gasteiger partial charge is 0.398 e. The number of aromatic nitrogens is 2. The molecule has 20 heavy (non-hydrogen) atoms. The first-order valence-electron chi connectivity index (χ1n) is 6.91. The van der Waals surface area contributed by atoms with Crippen LogP contribution in [0, 0.1) is 6.92 Å². The standard InChI is InChI=1S/C17H19N3/c1-10(2)12-6-7-15-16(9-12)20-17(19-15)13-5-4-11(3)14(18)8-13/h4-10H,18H2,1-3H3,(H,19,20). The van der Waals surface area contributed by atoms with Crippen LogP contribution in [-0.2, 0) is 0 Å². The fraction of sp³-hybridized carbons (Fsp3) is 0.235. The minimum Gasteiger partial charge on any atom is -0.398 e. The summed E-state index contributed by atoms with van der Waals surface area (Å²) >= 11 is 0. The van der Waals surface area contributed by atoms with E-state index in [2.05, 4.69) is 42.0 Å². The van der Waals surface area contributed by atoms with Gasteiger partial charge in [0.25, 0.3) is 0 Å². The number of nitrogens with zero attached hydrogens (tertiary/aromatic N) is 1. The first-order valence-corrected chi connectivity index (χ1v) is 6.91. The maximum Gasteiger partial charge on any atom is 0.138 e. The number of imidazole rings is 1. The molecule has 2 aromatic carbocycles. The third-order valence-corrected chi connectivity index (χ3v) is 3.73. The fourth-order valence-electron chi connectivity index (χ4n) is 2.31. The summed E-state index contributed by atoms with van der Waals surface area (Å²) in [4.78, 5) is 8.03. The Kier molecular flexibility index (Phi) is 2.97. The second-order valence-corrected chi connectivity index (χ2v) is 5.59. The average molecular weight is 265 g/mol. The summed E-state index contributed by atoms with van der Waals surface area (Å²) in [6.45, 7) is 6.39. The number of benzene rings is 2. The lowest BCUT2D eigenvalue weighted by Crippen LogP contribution is -1.90. The van der Waals surface area contributed by atoms with Gasteiger partial charge < -0.3 is 10.7 Å². The third kappa shape index (κ3) is 2.16. The molecule has 0 atom stereocenters. The normalized spacial score (nSPS) is 11.4. The van der Waals surface area contributed by atoms with Crippen LogP contribution in [0.4, 0.5) is 5.69 Å². The number of anilines is 1. The van der Waals surface area contributed by atoms with Crippen LogP contribution >= 0.6 is 0 Å². The molecule has 1 aromatic heterocycles. The molecule has 3 nitrogen and oxygen atoms in total. The second kappa shape index (κ2) is 4.67. The summed E-state index contributed by atoms with van der Waals surface area (Å²) < 4.78 is 0. The van der Waals surface area contributed by atoms with E-state index in [1.807, 2.05) is 25.1 Å². The zero-order chi connectivity index (χ0) is 14.3. The van der Waals surface area contributed by atoms with Crippen molar-refractivity contribution in [3.63, 3.8) is 0 Å². The smallest absolute Gasteiger partial charge is 0.138 e. The first-order chi connectivity index (χ1) is 9.54. The van der Waals surface area contributed by atoms with Gasteiger partial charge in [0.15, 0.2) is 0 Å². The number of nitrogen functional groups attached to an aromatic ring is 1. The highest BCUT2D eigenvalue weighted by molar-refractivity contribution is 5.80. The van der Waals surface area contributed by atoms with E-state index in [-0.39, 0.29) is 0 Å². The molecule has 0 bridgehead atoms. The molecule has 0 aliphatic heterocycles. The van der Waals surface area contributed by atoms with E-state index < -0.39 is 0 Å². The van der Waals surface area contributed by atoms with Crippen LogP contribution in [0.2, 0.25) is 0 Å². The van der Waals surface area contributed by atoms with E-state index in [4.69, 9.17) is 5.73 Å². The maximum atomic E-state index is 5.97. The maximum absolute atomic E-state index is 5.97.